The van der Waals surface area contributed by atoms with E-state index in [9.17, 15) is 40.8 Å². The van der Waals surface area contributed by atoms with E-state index in [1.807, 2.05) is 13.8 Å². The van der Waals surface area contributed by atoms with Crippen molar-refractivity contribution in [3.63, 3.8) is 0 Å². The zero-order valence-electron chi connectivity index (χ0n) is 33.1. The van der Waals surface area contributed by atoms with Gasteiger partial charge in [-0.15, -0.1) is 6.58 Å². The van der Waals surface area contributed by atoms with Gasteiger partial charge in [-0.1, -0.05) is 56.3 Å². The van der Waals surface area contributed by atoms with Crippen LogP contribution in [0.2, 0.25) is 0 Å². The van der Waals surface area contributed by atoms with Crippen molar-refractivity contribution in [2.45, 2.75) is 99.8 Å². The number of amides is 4. The second kappa shape index (κ2) is 19.1. The average molecular weight is 845 g/mol. The number of carbonyl (C=O) groups excluding carboxylic acids is 5. The predicted octanol–water partition coefficient (Wildman–Crippen LogP) is 4.64. The zero-order chi connectivity index (χ0) is 42.4. The quantitative estimate of drug-likeness (QED) is 0.189. The molecule has 4 aliphatic rings. The maximum Gasteiger partial charge on any atom is 0.416 e. The summed E-state index contributed by atoms with van der Waals surface area (Å²) >= 11 is 0. The summed E-state index contributed by atoms with van der Waals surface area (Å²) in [5.41, 5.74) is 0. The number of aldehydes is 1. The molecule has 6 rings (SSSR count). The van der Waals surface area contributed by atoms with Gasteiger partial charge in [0.1, 0.15) is 18.5 Å². The van der Waals surface area contributed by atoms with Gasteiger partial charge in [0.25, 0.3) is 0 Å². The van der Waals surface area contributed by atoms with Crippen LogP contribution in [0.4, 0.5) is 9.59 Å². The Hall–Kier alpha value is -4.45. The number of sulfone groups is 2. The fraction of sp³-hybridized carbons (Fsp3) is 0.537. The Labute approximate surface area is 339 Å². The van der Waals surface area contributed by atoms with E-state index in [4.69, 9.17) is 18.9 Å². The van der Waals surface area contributed by atoms with Gasteiger partial charge in [0.05, 0.1) is 58.8 Å². The van der Waals surface area contributed by atoms with Gasteiger partial charge >= 0.3 is 12.2 Å². The van der Waals surface area contributed by atoms with Gasteiger partial charge in [-0.05, 0) is 42.5 Å². The average Bonchev–Trinajstić information content (AvgIpc) is 3.90. The molecule has 58 heavy (non-hydrogen) atoms. The monoisotopic (exact) mass is 844 g/mol. The van der Waals surface area contributed by atoms with Crippen LogP contribution in [0.25, 0.3) is 0 Å². The SMILES string of the molecule is C=CC[C@@H]1O[C@H](C[C@H]2CN(C(C)=O)C(=O)O2)[C@H](C)[C@H]1CS(=O)(=O)c1ccccc1.CC(=O)N1C[C@H](C[C@H]2O[C@@H](CC=O)[C@H](CS(=O)(=O)c3ccccc3)[C@H]2C)OC1=O. The molecule has 4 amide bonds. The normalized spacial score (nSPS) is 29.7. The Morgan fingerprint density at radius 3 is 1.38 bits per heavy atom. The highest BCUT2D eigenvalue weighted by Crippen LogP contribution is 2.40. The second-order valence-electron chi connectivity index (χ2n) is 15.3. The van der Waals surface area contributed by atoms with Crippen LogP contribution in [0, 0.1) is 23.7 Å². The molecule has 316 valence electrons. The van der Waals surface area contributed by atoms with Crippen LogP contribution in [-0.2, 0) is 53.0 Å². The standard InChI is InChI=1S/C21H27NO6S.C20H25NO7S/c1-4-8-19-18(13-29(25,26)17-9-6-5-7-10-17)14(2)20(28-19)11-16-12-22(15(3)23)21(24)27-16;1-13-17(12-29(25,26)16-6-4-3-5-7-16)18(8-9-22)28-19(13)10-15-11-21(14(2)23)20(24)27-15/h4-7,9-10,14,16,18-20H,1,8,11-13H2,2-3H3;3-7,9,13,15,17-19H,8,10-12H2,1-2H3/t14-,16+,18-,19+,20-;13-,15+,17-,18+,19-/m11/s1. The highest BCUT2D eigenvalue weighted by Gasteiger charge is 2.48. The Kier molecular flexibility index (Phi) is 14.7. The van der Waals surface area contributed by atoms with Crippen molar-refractivity contribution in [1.29, 1.82) is 0 Å². The van der Waals surface area contributed by atoms with Gasteiger partial charge in [-0.2, -0.15) is 0 Å². The molecule has 0 spiro atoms. The highest BCUT2D eigenvalue weighted by molar-refractivity contribution is 7.91. The summed E-state index contributed by atoms with van der Waals surface area (Å²) in [7, 11) is -7.00. The summed E-state index contributed by atoms with van der Waals surface area (Å²) in [6.07, 6.45) is 0.150. The second-order valence-corrected chi connectivity index (χ2v) is 19.4. The number of imide groups is 2. The number of hydrogen-bond acceptors (Lipinski definition) is 13. The largest absolute Gasteiger partial charge is 0.444 e. The minimum Gasteiger partial charge on any atom is -0.444 e. The van der Waals surface area contributed by atoms with Gasteiger partial charge in [0.15, 0.2) is 19.7 Å². The van der Waals surface area contributed by atoms with Gasteiger partial charge in [-0.3, -0.25) is 9.59 Å². The van der Waals surface area contributed by atoms with E-state index in [2.05, 4.69) is 6.58 Å². The fourth-order valence-electron chi connectivity index (χ4n) is 8.18. The molecule has 17 heteroatoms. The number of cyclic esters (lactones) is 2. The Morgan fingerprint density at radius 1 is 0.672 bits per heavy atom. The molecule has 0 aliphatic carbocycles. The lowest BCUT2D eigenvalue weighted by molar-refractivity contribution is -0.126. The molecule has 2 aromatic rings. The Balaban J connectivity index is 0.000000221. The van der Waals surface area contributed by atoms with Crippen LogP contribution in [0.1, 0.15) is 53.4 Å². The summed E-state index contributed by atoms with van der Waals surface area (Å²) < 4.78 is 74.2. The molecule has 4 saturated heterocycles. The number of hydrogen-bond donors (Lipinski definition) is 0. The summed E-state index contributed by atoms with van der Waals surface area (Å²) in [5, 5.41) is 0. The van der Waals surface area contributed by atoms with Gasteiger partial charge < -0.3 is 23.7 Å². The molecule has 4 heterocycles. The van der Waals surface area contributed by atoms with Crippen molar-refractivity contribution >= 4 is 50.0 Å². The minimum absolute atomic E-state index is 0.0167. The van der Waals surface area contributed by atoms with E-state index < -0.39 is 50.2 Å². The van der Waals surface area contributed by atoms with Crippen LogP contribution in [0.15, 0.2) is 83.1 Å². The van der Waals surface area contributed by atoms with E-state index >= 15 is 0 Å². The summed E-state index contributed by atoms with van der Waals surface area (Å²) in [5.74, 6) is -1.67. The lowest BCUT2D eigenvalue weighted by atomic mass is 9.87. The Morgan fingerprint density at radius 2 is 1.05 bits per heavy atom. The first kappa shape index (κ1) is 44.6. The Bertz CT molecular complexity index is 1880. The lowest BCUT2D eigenvalue weighted by Crippen LogP contribution is -2.31. The van der Waals surface area contributed by atoms with Crippen LogP contribution in [0.3, 0.4) is 0 Å². The predicted molar refractivity (Wildman–Crippen MR) is 210 cm³/mol. The summed E-state index contributed by atoms with van der Waals surface area (Å²) in [6, 6.07) is 16.6. The molecule has 0 N–H and O–H groups in total. The zero-order valence-corrected chi connectivity index (χ0v) is 34.7. The van der Waals surface area contributed by atoms with Crippen molar-refractivity contribution in [2.24, 2.45) is 23.7 Å². The molecule has 0 unspecified atom stereocenters. The van der Waals surface area contributed by atoms with Crippen molar-refractivity contribution in [3.05, 3.63) is 73.3 Å². The smallest absolute Gasteiger partial charge is 0.416 e. The fourth-order valence-corrected chi connectivity index (χ4v) is 11.8. The molecule has 2 aromatic carbocycles. The van der Waals surface area contributed by atoms with Crippen LogP contribution in [0.5, 0.6) is 0 Å². The molecule has 10 atom stereocenters. The highest BCUT2D eigenvalue weighted by atomic mass is 32.2. The summed E-state index contributed by atoms with van der Waals surface area (Å²) in [6.45, 7) is 10.6. The van der Waals surface area contributed by atoms with Gasteiger partial charge in [0, 0.05) is 44.9 Å². The maximum absolute atomic E-state index is 12.9. The number of rotatable bonds is 14. The van der Waals surface area contributed by atoms with E-state index in [0.717, 1.165) is 16.1 Å². The molecular formula is C41H52N2O13S2. The van der Waals surface area contributed by atoms with E-state index in [1.165, 1.54) is 13.8 Å². The van der Waals surface area contributed by atoms with E-state index in [-0.39, 0.29) is 89.7 Å². The van der Waals surface area contributed by atoms with E-state index in [1.54, 1.807) is 66.7 Å². The maximum atomic E-state index is 12.9. The number of benzene rings is 2. The van der Waals surface area contributed by atoms with Crippen molar-refractivity contribution in [3.8, 4) is 0 Å². The van der Waals surface area contributed by atoms with Gasteiger partial charge in [0.2, 0.25) is 11.8 Å². The molecule has 4 aliphatic heterocycles. The first-order valence-electron chi connectivity index (χ1n) is 19.3. The molecule has 0 aromatic heterocycles. The first-order chi connectivity index (χ1) is 27.4. The van der Waals surface area contributed by atoms with Crippen LogP contribution >= 0.6 is 0 Å². The third-order valence-corrected chi connectivity index (χ3v) is 15.1. The molecule has 15 nitrogen and oxygen atoms in total. The van der Waals surface area contributed by atoms with Crippen LogP contribution < -0.4 is 0 Å². The number of carbonyl (C=O) groups is 5. The minimum atomic E-state index is -3.54. The molecule has 0 radical (unpaired) electrons. The topological polar surface area (TPSA) is 197 Å². The third kappa shape index (κ3) is 10.6. The molecule has 0 saturated carbocycles. The van der Waals surface area contributed by atoms with Crippen molar-refractivity contribution in [1.82, 2.24) is 9.80 Å². The van der Waals surface area contributed by atoms with Gasteiger partial charge in [-0.25, -0.2) is 36.2 Å². The third-order valence-electron chi connectivity index (χ3n) is 11.4. The first-order valence-corrected chi connectivity index (χ1v) is 22.6. The lowest BCUT2D eigenvalue weighted by Gasteiger charge is -2.21. The van der Waals surface area contributed by atoms with Crippen molar-refractivity contribution in [2.75, 3.05) is 24.6 Å². The molecular weight excluding hydrogens is 793 g/mol. The number of nitrogens with zero attached hydrogens (tertiary/aromatic N) is 2. The molecule has 0 bridgehead atoms. The van der Waals surface area contributed by atoms with E-state index in [0.29, 0.717) is 24.2 Å². The summed E-state index contributed by atoms with van der Waals surface area (Å²) in [4.78, 5) is 60.3. The van der Waals surface area contributed by atoms with Crippen molar-refractivity contribution < 1.29 is 59.8 Å². The number of ether oxygens (including phenoxy) is 4. The molecule has 4 fully saturated rings. The van der Waals surface area contributed by atoms with Crippen LogP contribution in [-0.4, -0.2) is 118 Å².